The van der Waals surface area contributed by atoms with E-state index in [1.54, 1.807) is 19.9 Å². The molecule has 0 aliphatic carbocycles. The molecule has 0 radical (unpaired) electrons. The number of aryl methyl sites for hydroxylation is 3. The fourth-order valence-electron chi connectivity index (χ4n) is 2.17. The molecule has 0 unspecified atom stereocenters. The van der Waals surface area contributed by atoms with Crippen LogP contribution in [0.4, 0.5) is 5.69 Å². The molecule has 0 saturated carbocycles. The van der Waals surface area contributed by atoms with Gasteiger partial charge in [-0.25, -0.2) is 0 Å². The fraction of sp³-hybridized carbons (Fsp3) is 0.214. The number of halogens is 1. The fourth-order valence-corrected chi connectivity index (χ4v) is 2.46. The zero-order chi connectivity index (χ0) is 15.9. The summed E-state index contributed by atoms with van der Waals surface area (Å²) in [4.78, 5) is 16.5. The average Bonchev–Trinajstić information content (AvgIpc) is 2.79. The van der Waals surface area contributed by atoms with Crippen LogP contribution >= 0.6 is 11.6 Å². The highest BCUT2D eigenvalue weighted by Gasteiger charge is 2.17. The van der Waals surface area contributed by atoms with Crippen molar-refractivity contribution in [3.63, 3.8) is 0 Å². The van der Waals surface area contributed by atoms with Crippen molar-refractivity contribution >= 4 is 29.0 Å². The largest absolute Gasteiger partial charge is 0.320 e. The van der Waals surface area contributed by atoms with Gasteiger partial charge in [0.05, 0.1) is 5.69 Å². The van der Waals surface area contributed by atoms with Crippen molar-refractivity contribution in [2.24, 2.45) is 0 Å². The molecule has 7 nitrogen and oxygen atoms in total. The molecule has 0 spiro atoms. The number of anilines is 1. The second kappa shape index (κ2) is 5.34. The van der Waals surface area contributed by atoms with Gasteiger partial charge in [-0.1, -0.05) is 11.6 Å². The standard InChI is InChI=1S/C14H13ClN6O/c1-7-4-10(15)6-11(5-7)17-13(22)12-8(2)21-14(19-18-12)16-9(3)20-21/h4-6H,1-3H3,(H,17,22). The van der Waals surface area contributed by atoms with Gasteiger partial charge in [-0.05, 0) is 44.5 Å². The monoisotopic (exact) mass is 316 g/mol. The summed E-state index contributed by atoms with van der Waals surface area (Å²) in [6.07, 6.45) is 0. The summed E-state index contributed by atoms with van der Waals surface area (Å²) in [7, 11) is 0. The molecule has 112 valence electrons. The maximum atomic E-state index is 12.4. The van der Waals surface area contributed by atoms with E-state index in [2.05, 4.69) is 25.6 Å². The minimum absolute atomic E-state index is 0.190. The van der Waals surface area contributed by atoms with Crippen LogP contribution < -0.4 is 5.32 Å². The number of carbonyl (C=O) groups excluding carboxylic acids is 1. The quantitative estimate of drug-likeness (QED) is 0.784. The molecule has 0 bridgehead atoms. The number of aromatic nitrogens is 5. The van der Waals surface area contributed by atoms with Gasteiger partial charge in [0.1, 0.15) is 5.82 Å². The molecule has 22 heavy (non-hydrogen) atoms. The number of nitrogens with one attached hydrogen (secondary N) is 1. The van der Waals surface area contributed by atoms with Gasteiger partial charge >= 0.3 is 0 Å². The van der Waals surface area contributed by atoms with E-state index < -0.39 is 0 Å². The number of hydrogen-bond donors (Lipinski definition) is 1. The molecule has 3 rings (SSSR count). The average molecular weight is 317 g/mol. The lowest BCUT2D eigenvalue weighted by molar-refractivity contribution is 0.102. The molecular formula is C14H13ClN6O. The zero-order valence-corrected chi connectivity index (χ0v) is 13.0. The topological polar surface area (TPSA) is 85.1 Å². The van der Waals surface area contributed by atoms with Gasteiger partial charge in [-0.3, -0.25) is 4.79 Å². The number of nitrogens with zero attached hydrogens (tertiary/aromatic N) is 5. The van der Waals surface area contributed by atoms with E-state index in [4.69, 9.17) is 11.6 Å². The number of amides is 1. The molecule has 2 aromatic heterocycles. The Morgan fingerprint density at radius 3 is 2.68 bits per heavy atom. The van der Waals surface area contributed by atoms with E-state index in [9.17, 15) is 4.79 Å². The number of carbonyl (C=O) groups is 1. The van der Waals surface area contributed by atoms with Crippen LogP contribution in [0.2, 0.25) is 5.02 Å². The van der Waals surface area contributed by atoms with Gasteiger partial charge in [0.2, 0.25) is 0 Å². The van der Waals surface area contributed by atoms with Crippen molar-refractivity contribution in [1.29, 1.82) is 0 Å². The van der Waals surface area contributed by atoms with Crippen LogP contribution in [0.5, 0.6) is 0 Å². The number of benzene rings is 1. The van der Waals surface area contributed by atoms with E-state index in [1.165, 1.54) is 4.52 Å². The minimum atomic E-state index is -0.373. The van der Waals surface area contributed by atoms with Crippen molar-refractivity contribution in [1.82, 2.24) is 24.8 Å². The Bertz CT molecular complexity index is 868. The molecule has 0 aliphatic heterocycles. The molecule has 1 amide bonds. The first-order chi connectivity index (χ1) is 10.4. The third kappa shape index (κ3) is 2.62. The Morgan fingerprint density at radius 1 is 1.18 bits per heavy atom. The van der Waals surface area contributed by atoms with Crippen molar-refractivity contribution < 1.29 is 4.79 Å². The maximum Gasteiger partial charge on any atom is 0.278 e. The highest BCUT2D eigenvalue weighted by Crippen LogP contribution is 2.19. The lowest BCUT2D eigenvalue weighted by Crippen LogP contribution is -2.18. The normalized spacial score (nSPS) is 10.9. The summed E-state index contributed by atoms with van der Waals surface area (Å²) in [5, 5.41) is 15.4. The Labute approximate surface area is 131 Å². The first-order valence-corrected chi connectivity index (χ1v) is 6.97. The number of hydrogen-bond acceptors (Lipinski definition) is 5. The highest BCUT2D eigenvalue weighted by molar-refractivity contribution is 6.31. The second-order valence-electron chi connectivity index (χ2n) is 4.98. The predicted octanol–water partition coefficient (Wildman–Crippen LogP) is 2.35. The summed E-state index contributed by atoms with van der Waals surface area (Å²) in [5.74, 6) is 0.562. The van der Waals surface area contributed by atoms with E-state index in [1.807, 2.05) is 19.1 Å². The van der Waals surface area contributed by atoms with Crippen molar-refractivity contribution in [2.45, 2.75) is 20.8 Å². The van der Waals surface area contributed by atoms with Crippen LogP contribution in [-0.4, -0.2) is 30.7 Å². The molecule has 3 aromatic rings. The SMILES string of the molecule is Cc1cc(Cl)cc(NC(=O)c2nnc3nc(C)nn3c2C)c1. The van der Waals surface area contributed by atoms with Gasteiger partial charge in [0.15, 0.2) is 5.69 Å². The molecule has 1 N–H and O–H groups in total. The summed E-state index contributed by atoms with van der Waals surface area (Å²) in [6, 6.07) is 5.31. The van der Waals surface area contributed by atoms with E-state index in [-0.39, 0.29) is 11.6 Å². The number of fused-ring (bicyclic) bond motifs is 1. The lowest BCUT2D eigenvalue weighted by Gasteiger charge is -2.08. The van der Waals surface area contributed by atoms with E-state index in [0.717, 1.165) is 5.56 Å². The minimum Gasteiger partial charge on any atom is -0.320 e. The summed E-state index contributed by atoms with van der Waals surface area (Å²) in [6.45, 7) is 5.40. The van der Waals surface area contributed by atoms with Crippen LogP contribution in [0.3, 0.4) is 0 Å². The summed E-state index contributed by atoms with van der Waals surface area (Å²) >= 11 is 5.99. The molecule has 1 aromatic carbocycles. The van der Waals surface area contributed by atoms with Gasteiger partial charge in [0.25, 0.3) is 11.7 Å². The molecule has 0 fully saturated rings. The van der Waals surface area contributed by atoms with Crippen molar-refractivity contribution in [2.75, 3.05) is 5.32 Å². The van der Waals surface area contributed by atoms with Crippen molar-refractivity contribution in [3.8, 4) is 0 Å². The Hall–Kier alpha value is -2.54. The number of rotatable bonds is 2. The first kappa shape index (κ1) is 14.4. The smallest absolute Gasteiger partial charge is 0.278 e. The van der Waals surface area contributed by atoms with Gasteiger partial charge in [-0.15, -0.1) is 15.3 Å². The summed E-state index contributed by atoms with van der Waals surface area (Å²) in [5.41, 5.74) is 2.32. The van der Waals surface area contributed by atoms with Crippen LogP contribution in [0.15, 0.2) is 18.2 Å². The third-order valence-electron chi connectivity index (χ3n) is 3.11. The van der Waals surface area contributed by atoms with E-state index in [0.29, 0.717) is 28.0 Å². The predicted molar refractivity (Wildman–Crippen MR) is 82.2 cm³/mol. The van der Waals surface area contributed by atoms with Crippen LogP contribution in [0.1, 0.15) is 27.6 Å². The summed E-state index contributed by atoms with van der Waals surface area (Å²) < 4.78 is 1.50. The van der Waals surface area contributed by atoms with Crippen LogP contribution in [-0.2, 0) is 0 Å². The second-order valence-corrected chi connectivity index (χ2v) is 5.41. The Kier molecular flexibility index (Phi) is 3.50. The van der Waals surface area contributed by atoms with Gasteiger partial charge in [-0.2, -0.15) is 9.50 Å². The molecule has 0 atom stereocenters. The van der Waals surface area contributed by atoms with Gasteiger partial charge < -0.3 is 5.32 Å². The molecule has 8 heteroatoms. The lowest BCUT2D eigenvalue weighted by atomic mass is 10.2. The van der Waals surface area contributed by atoms with Gasteiger partial charge in [0, 0.05) is 10.7 Å². The molecule has 0 aliphatic rings. The zero-order valence-electron chi connectivity index (χ0n) is 12.3. The third-order valence-corrected chi connectivity index (χ3v) is 3.33. The first-order valence-electron chi connectivity index (χ1n) is 6.59. The highest BCUT2D eigenvalue weighted by atomic mass is 35.5. The molecule has 0 saturated heterocycles. The molecular weight excluding hydrogens is 304 g/mol. The van der Waals surface area contributed by atoms with E-state index >= 15 is 0 Å². The molecule has 2 heterocycles. The maximum absolute atomic E-state index is 12.4. The Morgan fingerprint density at radius 2 is 1.95 bits per heavy atom. The van der Waals surface area contributed by atoms with Crippen LogP contribution in [0.25, 0.3) is 5.78 Å². The Balaban J connectivity index is 1.96. The van der Waals surface area contributed by atoms with Crippen LogP contribution in [0, 0.1) is 20.8 Å². The van der Waals surface area contributed by atoms with Crippen molar-refractivity contribution in [3.05, 3.63) is 46.0 Å².